The number of nitrogens with two attached hydrogens (primary N) is 1. The van der Waals surface area contributed by atoms with Crippen LogP contribution in [0.1, 0.15) is 32.6 Å². The highest BCUT2D eigenvalue weighted by Gasteiger charge is 1.96. The van der Waals surface area contributed by atoms with E-state index in [1.54, 1.807) is 12.1 Å². The average molecular weight is 458 g/mol. The van der Waals surface area contributed by atoms with Crippen molar-refractivity contribution in [1.82, 2.24) is 0 Å². The van der Waals surface area contributed by atoms with Crippen molar-refractivity contribution in [2.24, 2.45) is 0 Å². The van der Waals surface area contributed by atoms with Gasteiger partial charge in [0.05, 0.1) is 72.7 Å². The van der Waals surface area contributed by atoms with Gasteiger partial charge >= 0.3 is 0 Å². The van der Waals surface area contributed by atoms with Crippen molar-refractivity contribution in [2.45, 2.75) is 32.6 Å². The highest BCUT2D eigenvalue weighted by molar-refractivity contribution is 5.41. The van der Waals surface area contributed by atoms with Crippen molar-refractivity contribution in [1.29, 1.82) is 0 Å². The van der Waals surface area contributed by atoms with Gasteiger partial charge in [0.25, 0.3) is 0 Å². The SMILES string of the molecule is CCCCCCOCCOCCOCCOCCOCCOCCOc1ccc(N)cc1. The van der Waals surface area contributed by atoms with Crippen LogP contribution in [0.3, 0.4) is 0 Å². The molecule has 8 heteroatoms. The molecule has 0 radical (unpaired) electrons. The fourth-order valence-corrected chi connectivity index (χ4v) is 2.62. The number of benzene rings is 1. The molecule has 186 valence electrons. The smallest absolute Gasteiger partial charge is 0.119 e. The van der Waals surface area contributed by atoms with Gasteiger partial charge in [-0.05, 0) is 30.7 Å². The zero-order chi connectivity index (χ0) is 23.0. The van der Waals surface area contributed by atoms with E-state index in [1.165, 1.54) is 19.3 Å². The second-order valence-electron chi connectivity index (χ2n) is 7.15. The first-order chi connectivity index (χ1) is 15.8. The van der Waals surface area contributed by atoms with Gasteiger partial charge in [-0.1, -0.05) is 26.2 Å². The lowest BCUT2D eigenvalue weighted by Crippen LogP contribution is -2.14. The lowest BCUT2D eigenvalue weighted by atomic mass is 10.2. The van der Waals surface area contributed by atoms with E-state index in [0.29, 0.717) is 79.3 Å². The average Bonchev–Trinajstić information content (AvgIpc) is 2.81. The van der Waals surface area contributed by atoms with E-state index in [-0.39, 0.29) is 0 Å². The Hall–Kier alpha value is -1.42. The summed E-state index contributed by atoms with van der Waals surface area (Å²) in [4.78, 5) is 0. The summed E-state index contributed by atoms with van der Waals surface area (Å²) in [6.07, 6.45) is 4.92. The van der Waals surface area contributed by atoms with Crippen molar-refractivity contribution in [3.05, 3.63) is 24.3 Å². The second-order valence-corrected chi connectivity index (χ2v) is 7.15. The number of nitrogen functional groups attached to an aromatic ring is 1. The Kier molecular flexibility index (Phi) is 20.4. The molecule has 0 heterocycles. The standard InChI is InChI=1S/C24H43NO7/c1-2-3-4-5-10-26-11-12-27-13-14-28-15-16-29-17-18-30-19-20-31-21-22-32-24-8-6-23(25)7-9-24/h6-9H,2-5,10-22,25H2,1H3. The third kappa shape index (κ3) is 19.3. The third-order valence-electron chi connectivity index (χ3n) is 4.38. The molecular formula is C24H43NO7. The van der Waals surface area contributed by atoms with Crippen LogP contribution < -0.4 is 10.5 Å². The topological polar surface area (TPSA) is 90.6 Å². The van der Waals surface area contributed by atoms with Crippen molar-refractivity contribution in [2.75, 3.05) is 91.6 Å². The summed E-state index contributed by atoms with van der Waals surface area (Å²) >= 11 is 0. The summed E-state index contributed by atoms with van der Waals surface area (Å²) in [7, 11) is 0. The number of ether oxygens (including phenoxy) is 7. The maximum Gasteiger partial charge on any atom is 0.119 e. The van der Waals surface area contributed by atoms with Gasteiger partial charge < -0.3 is 38.9 Å². The second kappa shape index (κ2) is 22.8. The minimum absolute atomic E-state index is 0.491. The molecule has 8 nitrogen and oxygen atoms in total. The molecule has 32 heavy (non-hydrogen) atoms. The van der Waals surface area contributed by atoms with E-state index in [2.05, 4.69) is 6.92 Å². The fourth-order valence-electron chi connectivity index (χ4n) is 2.62. The number of rotatable bonds is 24. The molecule has 0 amide bonds. The van der Waals surface area contributed by atoms with Gasteiger partial charge in [0.1, 0.15) is 12.4 Å². The van der Waals surface area contributed by atoms with Crippen LogP contribution in [0.2, 0.25) is 0 Å². The minimum atomic E-state index is 0.491. The van der Waals surface area contributed by atoms with E-state index < -0.39 is 0 Å². The molecule has 0 unspecified atom stereocenters. The highest BCUT2D eigenvalue weighted by Crippen LogP contribution is 2.12. The number of anilines is 1. The van der Waals surface area contributed by atoms with Gasteiger partial charge in [0, 0.05) is 12.3 Å². The van der Waals surface area contributed by atoms with Crippen molar-refractivity contribution >= 4 is 5.69 Å². The summed E-state index contributed by atoms with van der Waals surface area (Å²) in [5, 5.41) is 0. The van der Waals surface area contributed by atoms with Crippen LogP contribution in [0.15, 0.2) is 24.3 Å². The molecule has 0 saturated heterocycles. The molecule has 0 fully saturated rings. The highest BCUT2D eigenvalue weighted by atomic mass is 16.6. The predicted octanol–water partition coefficient (Wildman–Crippen LogP) is 3.33. The summed E-state index contributed by atoms with van der Waals surface area (Å²) in [5.41, 5.74) is 6.34. The Balaban J connectivity index is 1.67. The summed E-state index contributed by atoms with van der Waals surface area (Å²) in [6.45, 7) is 9.67. The van der Waals surface area contributed by atoms with E-state index in [0.717, 1.165) is 24.5 Å². The Bertz CT molecular complexity index is 502. The van der Waals surface area contributed by atoms with Gasteiger partial charge in [0.2, 0.25) is 0 Å². The fraction of sp³-hybridized carbons (Fsp3) is 0.750. The van der Waals surface area contributed by atoms with Crippen molar-refractivity contribution < 1.29 is 33.2 Å². The number of hydrogen-bond donors (Lipinski definition) is 1. The van der Waals surface area contributed by atoms with Gasteiger partial charge in [-0.15, -0.1) is 0 Å². The quantitative estimate of drug-likeness (QED) is 0.187. The maximum absolute atomic E-state index is 5.62. The molecular weight excluding hydrogens is 414 g/mol. The molecule has 1 aromatic carbocycles. The summed E-state index contributed by atoms with van der Waals surface area (Å²) < 4.78 is 38.3. The third-order valence-corrected chi connectivity index (χ3v) is 4.38. The number of hydrogen-bond acceptors (Lipinski definition) is 8. The molecule has 1 rings (SSSR count). The summed E-state index contributed by atoms with van der Waals surface area (Å²) in [5.74, 6) is 0.783. The molecule has 0 aromatic heterocycles. The summed E-state index contributed by atoms with van der Waals surface area (Å²) in [6, 6.07) is 7.29. The molecule has 0 aliphatic heterocycles. The van der Waals surface area contributed by atoms with Crippen LogP contribution in [0.25, 0.3) is 0 Å². The van der Waals surface area contributed by atoms with Crippen LogP contribution in [0.4, 0.5) is 5.69 Å². The first-order valence-corrected chi connectivity index (χ1v) is 11.8. The van der Waals surface area contributed by atoms with E-state index in [1.807, 2.05) is 12.1 Å². The van der Waals surface area contributed by atoms with Crippen LogP contribution in [0.5, 0.6) is 5.75 Å². The molecule has 0 saturated carbocycles. The molecule has 0 aliphatic rings. The molecule has 0 spiro atoms. The molecule has 0 bridgehead atoms. The van der Waals surface area contributed by atoms with Crippen LogP contribution in [-0.4, -0.2) is 85.9 Å². The molecule has 0 aliphatic carbocycles. The lowest BCUT2D eigenvalue weighted by molar-refractivity contribution is -0.0179. The van der Waals surface area contributed by atoms with E-state index in [4.69, 9.17) is 38.9 Å². The van der Waals surface area contributed by atoms with E-state index in [9.17, 15) is 0 Å². The van der Waals surface area contributed by atoms with Gasteiger partial charge in [-0.2, -0.15) is 0 Å². The first-order valence-electron chi connectivity index (χ1n) is 11.8. The number of unbranched alkanes of at least 4 members (excludes halogenated alkanes) is 3. The van der Waals surface area contributed by atoms with Gasteiger partial charge in [-0.3, -0.25) is 0 Å². The zero-order valence-corrected chi connectivity index (χ0v) is 19.8. The van der Waals surface area contributed by atoms with E-state index >= 15 is 0 Å². The zero-order valence-electron chi connectivity index (χ0n) is 19.8. The molecule has 2 N–H and O–H groups in total. The van der Waals surface area contributed by atoms with Crippen molar-refractivity contribution in [3.8, 4) is 5.75 Å². The molecule has 0 atom stereocenters. The Morgan fingerprint density at radius 3 is 1.34 bits per heavy atom. The largest absolute Gasteiger partial charge is 0.491 e. The minimum Gasteiger partial charge on any atom is -0.491 e. The maximum atomic E-state index is 5.62. The Morgan fingerprint density at radius 2 is 0.906 bits per heavy atom. The van der Waals surface area contributed by atoms with Crippen LogP contribution in [-0.2, 0) is 28.4 Å². The first kappa shape index (κ1) is 28.6. The van der Waals surface area contributed by atoms with Gasteiger partial charge in [0.15, 0.2) is 0 Å². The van der Waals surface area contributed by atoms with Gasteiger partial charge in [-0.25, -0.2) is 0 Å². The Morgan fingerprint density at radius 1 is 0.500 bits per heavy atom. The normalized spacial score (nSPS) is 11.2. The van der Waals surface area contributed by atoms with Crippen molar-refractivity contribution in [3.63, 3.8) is 0 Å². The molecule has 1 aromatic rings. The Labute approximate surface area is 193 Å². The predicted molar refractivity (Wildman–Crippen MR) is 125 cm³/mol. The van der Waals surface area contributed by atoms with Crippen LogP contribution in [0, 0.1) is 0 Å². The monoisotopic (exact) mass is 457 g/mol. The lowest BCUT2D eigenvalue weighted by Gasteiger charge is -2.09. The van der Waals surface area contributed by atoms with Crippen LogP contribution >= 0.6 is 0 Å².